The standard InChI is InChI=1S/C25H34O2Si2/c1-19(2)20(3)23-24(26-28(4,5)6)25(27-29(23,7)8,21-15-11-9-12-16-21)22-17-13-10-14-18-22/h9-18,24H,1H2,2-8H3/b23-20-. The first kappa shape index (κ1) is 22.0. The van der Waals surface area contributed by atoms with Gasteiger partial charge in [0.1, 0.15) is 11.7 Å². The molecule has 154 valence electrons. The molecule has 29 heavy (non-hydrogen) atoms. The van der Waals surface area contributed by atoms with Crippen molar-refractivity contribution in [3.8, 4) is 0 Å². The second kappa shape index (κ2) is 7.84. The molecule has 2 aromatic carbocycles. The molecule has 0 aliphatic carbocycles. The van der Waals surface area contributed by atoms with Gasteiger partial charge in [-0.25, -0.2) is 0 Å². The molecular weight excluding hydrogens is 388 g/mol. The Hall–Kier alpha value is -1.73. The predicted octanol–water partition coefficient (Wildman–Crippen LogP) is 6.82. The summed E-state index contributed by atoms with van der Waals surface area (Å²) >= 11 is 0. The summed E-state index contributed by atoms with van der Waals surface area (Å²) in [5, 5.41) is 1.33. The Morgan fingerprint density at radius 2 is 1.38 bits per heavy atom. The number of allylic oxidation sites excluding steroid dienone is 2. The van der Waals surface area contributed by atoms with Gasteiger partial charge in [-0.2, -0.15) is 0 Å². The molecule has 1 unspecified atom stereocenters. The van der Waals surface area contributed by atoms with Crippen LogP contribution in [0, 0.1) is 0 Å². The zero-order valence-electron chi connectivity index (χ0n) is 18.9. The molecule has 4 heteroatoms. The molecule has 1 atom stereocenters. The fourth-order valence-corrected chi connectivity index (χ4v) is 8.74. The molecule has 0 bridgehead atoms. The average molecular weight is 423 g/mol. The van der Waals surface area contributed by atoms with Crippen LogP contribution in [0.5, 0.6) is 0 Å². The fraction of sp³-hybridized carbons (Fsp3) is 0.360. The summed E-state index contributed by atoms with van der Waals surface area (Å²) in [6.07, 6.45) is -0.155. The molecule has 2 aromatic rings. The molecule has 3 rings (SSSR count). The van der Waals surface area contributed by atoms with Gasteiger partial charge in [0.25, 0.3) is 0 Å². The summed E-state index contributed by atoms with van der Waals surface area (Å²) in [4.78, 5) is 0. The summed E-state index contributed by atoms with van der Waals surface area (Å²) in [5.41, 5.74) is 3.98. The lowest BCUT2D eigenvalue weighted by Gasteiger charge is -2.39. The first-order valence-corrected chi connectivity index (χ1v) is 16.7. The van der Waals surface area contributed by atoms with Crippen molar-refractivity contribution in [3.63, 3.8) is 0 Å². The summed E-state index contributed by atoms with van der Waals surface area (Å²) in [6.45, 7) is 19.9. The molecule has 1 saturated heterocycles. The Morgan fingerprint density at radius 1 is 0.931 bits per heavy atom. The van der Waals surface area contributed by atoms with Gasteiger partial charge in [0.05, 0.1) is 0 Å². The van der Waals surface area contributed by atoms with E-state index in [0.717, 1.165) is 16.7 Å². The van der Waals surface area contributed by atoms with Crippen molar-refractivity contribution in [2.45, 2.75) is 58.3 Å². The minimum Gasteiger partial charge on any atom is -0.408 e. The third kappa shape index (κ3) is 4.12. The first-order valence-electron chi connectivity index (χ1n) is 10.4. The van der Waals surface area contributed by atoms with Crippen LogP contribution in [0.1, 0.15) is 25.0 Å². The highest BCUT2D eigenvalue weighted by Crippen LogP contribution is 2.53. The van der Waals surface area contributed by atoms with E-state index in [1.807, 2.05) is 0 Å². The number of hydrogen-bond acceptors (Lipinski definition) is 2. The fourth-order valence-electron chi connectivity index (χ4n) is 4.36. The highest BCUT2D eigenvalue weighted by atomic mass is 28.4. The molecular formula is C25H34O2Si2. The zero-order chi connectivity index (χ0) is 21.4. The lowest BCUT2D eigenvalue weighted by Crippen LogP contribution is -2.45. The van der Waals surface area contributed by atoms with Gasteiger partial charge in [0.15, 0.2) is 8.32 Å². The van der Waals surface area contributed by atoms with Gasteiger partial charge in [0.2, 0.25) is 8.32 Å². The molecule has 1 aliphatic heterocycles. The molecule has 0 N–H and O–H groups in total. The molecule has 1 aliphatic rings. The van der Waals surface area contributed by atoms with Crippen molar-refractivity contribution in [1.82, 2.24) is 0 Å². The van der Waals surface area contributed by atoms with Gasteiger partial charge >= 0.3 is 0 Å². The van der Waals surface area contributed by atoms with E-state index in [1.165, 1.54) is 10.8 Å². The van der Waals surface area contributed by atoms with Crippen LogP contribution in [0.2, 0.25) is 32.7 Å². The zero-order valence-corrected chi connectivity index (χ0v) is 20.9. The summed E-state index contributed by atoms with van der Waals surface area (Å²) in [7, 11) is -4.13. The van der Waals surface area contributed by atoms with Crippen LogP contribution in [0.4, 0.5) is 0 Å². The normalized spacial score (nSPS) is 22.4. The summed E-state index contributed by atoms with van der Waals surface area (Å²) in [5.74, 6) is 0. The largest absolute Gasteiger partial charge is 0.408 e. The Kier molecular flexibility index (Phi) is 5.94. The topological polar surface area (TPSA) is 18.5 Å². The van der Waals surface area contributed by atoms with Crippen molar-refractivity contribution >= 4 is 16.6 Å². The van der Waals surface area contributed by atoms with E-state index >= 15 is 0 Å². The molecule has 0 saturated carbocycles. The lowest BCUT2D eigenvalue weighted by atomic mass is 9.80. The number of benzene rings is 2. The minimum absolute atomic E-state index is 0.155. The molecule has 1 fully saturated rings. The Labute approximate surface area is 178 Å². The quantitative estimate of drug-likeness (QED) is 0.492. The van der Waals surface area contributed by atoms with E-state index in [-0.39, 0.29) is 6.10 Å². The first-order chi connectivity index (χ1) is 13.5. The van der Waals surface area contributed by atoms with Crippen LogP contribution in [0.15, 0.2) is 83.6 Å². The van der Waals surface area contributed by atoms with Crippen molar-refractivity contribution in [3.05, 3.63) is 94.7 Å². The highest BCUT2D eigenvalue weighted by molar-refractivity contribution is 6.80. The predicted molar refractivity (Wildman–Crippen MR) is 128 cm³/mol. The van der Waals surface area contributed by atoms with Crippen LogP contribution >= 0.6 is 0 Å². The van der Waals surface area contributed by atoms with Crippen molar-refractivity contribution in [2.75, 3.05) is 0 Å². The molecule has 2 nitrogen and oxygen atoms in total. The molecule has 0 radical (unpaired) electrons. The van der Waals surface area contributed by atoms with E-state index < -0.39 is 22.2 Å². The van der Waals surface area contributed by atoms with Crippen LogP contribution < -0.4 is 0 Å². The van der Waals surface area contributed by atoms with E-state index in [9.17, 15) is 0 Å². The van der Waals surface area contributed by atoms with E-state index in [4.69, 9.17) is 8.85 Å². The molecule has 0 spiro atoms. The van der Waals surface area contributed by atoms with Gasteiger partial charge in [-0.1, -0.05) is 72.8 Å². The van der Waals surface area contributed by atoms with Gasteiger partial charge in [-0.3, -0.25) is 0 Å². The number of rotatable bonds is 5. The van der Waals surface area contributed by atoms with Crippen molar-refractivity contribution in [1.29, 1.82) is 0 Å². The van der Waals surface area contributed by atoms with Gasteiger partial charge in [-0.15, -0.1) is 0 Å². The lowest BCUT2D eigenvalue weighted by molar-refractivity contribution is 0.0257. The van der Waals surface area contributed by atoms with E-state index in [1.54, 1.807) is 0 Å². The van der Waals surface area contributed by atoms with Crippen LogP contribution in [0.3, 0.4) is 0 Å². The van der Waals surface area contributed by atoms with E-state index in [0.29, 0.717) is 0 Å². The monoisotopic (exact) mass is 422 g/mol. The third-order valence-electron chi connectivity index (χ3n) is 5.62. The van der Waals surface area contributed by atoms with Gasteiger partial charge < -0.3 is 8.85 Å². The SMILES string of the molecule is C=C(C)/C(C)=C1/C(O[Si](C)(C)C)C(c2ccccc2)(c2ccccc2)O[Si]1(C)C. The summed E-state index contributed by atoms with van der Waals surface area (Å²) in [6, 6.07) is 21.2. The maximum atomic E-state index is 7.19. The molecule has 1 heterocycles. The maximum Gasteiger partial charge on any atom is 0.219 e. The van der Waals surface area contributed by atoms with Gasteiger partial charge in [-0.05, 0) is 68.5 Å². The van der Waals surface area contributed by atoms with Crippen molar-refractivity contribution < 1.29 is 8.85 Å². The third-order valence-corrected chi connectivity index (χ3v) is 9.33. The summed E-state index contributed by atoms with van der Waals surface area (Å²) < 4.78 is 14.2. The molecule has 0 amide bonds. The molecule has 0 aromatic heterocycles. The Morgan fingerprint density at radius 3 is 1.76 bits per heavy atom. The maximum absolute atomic E-state index is 7.19. The second-order valence-corrected chi connectivity index (χ2v) is 17.7. The van der Waals surface area contributed by atoms with Crippen LogP contribution in [0.25, 0.3) is 0 Å². The Balaban J connectivity index is 2.40. The van der Waals surface area contributed by atoms with Crippen LogP contribution in [-0.2, 0) is 14.5 Å². The highest BCUT2D eigenvalue weighted by Gasteiger charge is 2.60. The van der Waals surface area contributed by atoms with Crippen LogP contribution in [-0.4, -0.2) is 22.7 Å². The van der Waals surface area contributed by atoms with Crippen molar-refractivity contribution in [2.24, 2.45) is 0 Å². The van der Waals surface area contributed by atoms with E-state index in [2.05, 4.69) is 114 Å². The van der Waals surface area contributed by atoms with Gasteiger partial charge in [0, 0.05) is 0 Å². The average Bonchev–Trinajstić information content (AvgIpc) is 2.88. The second-order valence-electron chi connectivity index (χ2n) is 9.51. The number of hydrogen-bond donors (Lipinski definition) is 0. The smallest absolute Gasteiger partial charge is 0.219 e. The Bertz CT molecular complexity index is 869. The minimum atomic E-state index is -2.24.